The van der Waals surface area contributed by atoms with E-state index in [-0.39, 0.29) is 0 Å². The average Bonchev–Trinajstić information content (AvgIpc) is 2.73. The molecule has 0 saturated heterocycles. The molecule has 0 atom stereocenters. The Balaban J connectivity index is 3.74. The zero-order valence-corrected chi connectivity index (χ0v) is 20.5. The Bertz CT molecular complexity index is 1300. The van der Waals surface area contributed by atoms with Gasteiger partial charge in [0.1, 0.15) is 33.9 Å². The zero-order valence-electron chi connectivity index (χ0n) is 20.5. The van der Waals surface area contributed by atoms with Crippen LogP contribution in [0.25, 0.3) is 0 Å². The van der Waals surface area contributed by atoms with Crippen molar-refractivity contribution in [1.29, 1.82) is 0 Å². The van der Waals surface area contributed by atoms with E-state index in [1.165, 1.54) is 0 Å². The lowest BCUT2D eigenvalue weighted by Gasteiger charge is -2.30. The van der Waals surface area contributed by atoms with Gasteiger partial charge in [-0.05, 0) is 17.5 Å². The van der Waals surface area contributed by atoms with Gasteiger partial charge in [0.2, 0.25) is 0 Å². The molecular formula is C21H2F26. The average molecular weight is 748 g/mol. The Morgan fingerprint density at radius 2 is 0.362 bits per heavy atom. The summed E-state index contributed by atoms with van der Waals surface area (Å²) in [6, 6.07) is 0. The molecule has 0 N–H and O–H groups in total. The molecule has 0 nitrogen and oxygen atoms in total. The summed E-state index contributed by atoms with van der Waals surface area (Å²) < 4.78 is 356. The van der Waals surface area contributed by atoms with Gasteiger partial charge in [-0.15, -0.1) is 0 Å². The predicted octanol–water partition coefficient (Wildman–Crippen LogP) is 11.7. The summed E-state index contributed by atoms with van der Waals surface area (Å²) in [4.78, 5) is 0. The molecule has 0 aromatic heterocycles. The Labute approximate surface area is 238 Å². The van der Waals surface area contributed by atoms with Crippen LogP contribution in [0.1, 0.15) is 55.6 Å². The normalized spacial score (nSPS) is 14.7. The fourth-order valence-corrected chi connectivity index (χ4v) is 4.39. The van der Waals surface area contributed by atoms with Crippen LogP contribution in [-0.4, -0.2) is 0 Å². The Morgan fingerprint density at radius 1 is 0.234 bits per heavy atom. The fraction of sp³-hybridized carbons (Fsp3) is 0.429. The third-order valence-corrected chi connectivity index (χ3v) is 5.71. The van der Waals surface area contributed by atoms with Crippen LogP contribution in [0.4, 0.5) is 114 Å². The minimum atomic E-state index is -7.43. The van der Waals surface area contributed by atoms with E-state index in [0.717, 1.165) is 0 Å². The Kier molecular flexibility index (Phi) is 9.38. The molecule has 2 aromatic rings. The van der Waals surface area contributed by atoms with Crippen molar-refractivity contribution in [2.75, 3.05) is 0 Å². The van der Waals surface area contributed by atoms with Gasteiger partial charge < -0.3 is 0 Å². The molecule has 0 unspecified atom stereocenters. The smallest absolute Gasteiger partial charge is 0.206 e. The molecule has 0 radical (unpaired) electrons. The van der Waals surface area contributed by atoms with Crippen molar-refractivity contribution in [3.63, 3.8) is 0 Å². The lowest BCUT2D eigenvalue weighted by molar-refractivity contribution is -0.176. The molecule has 0 heterocycles. The second-order valence-corrected chi connectivity index (χ2v) is 8.74. The molecule has 0 aliphatic heterocycles. The van der Waals surface area contributed by atoms with Crippen LogP contribution in [0.15, 0.2) is 0 Å². The van der Waals surface area contributed by atoms with E-state index in [2.05, 4.69) is 0 Å². The van der Waals surface area contributed by atoms with Crippen LogP contribution in [0.5, 0.6) is 0 Å². The highest BCUT2D eigenvalue weighted by atomic mass is 19.4. The van der Waals surface area contributed by atoms with Crippen molar-refractivity contribution >= 4 is 0 Å². The topological polar surface area (TPSA) is 0 Å². The van der Waals surface area contributed by atoms with Gasteiger partial charge in [-0.2, -0.15) is 105 Å². The molecular weight excluding hydrogens is 746 g/mol. The quantitative estimate of drug-likeness (QED) is 0.268. The number of halogens is 26. The van der Waals surface area contributed by atoms with Crippen LogP contribution in [0.3, 0.4) is 0 Å². The van der Waals surface area contributed by atoms with E-state index < -0.39 is 123 Å². The number of rotatable bonds is 2. The molecule has 0 saturated carbocycles. The summed E-state index contributed by atoms with van der Waals surface area (Å²) in [5.74, 6) is -9.10. The van der Waals surface area contributed by atoms with Gasteiger partial charge in [-0.25, -0.2) is 8.78 Å². The summed E-state index contributed by atoms with van der Waals surface area (Å²) in [5, 5.41) is 0. The van der Waals surface area contributed by atoms with Crippen molar-refractivity contribution in [2.24, 2.45) is 0 Å². The number of benzene rings is 2. The van der Waals surface area contributed by atoms with Crippen LogP contribution < -0.4 is 0 Å². The molecule has 0 fully saturated rings. The standard InChI is InChI=1S/C21H2F26/c22-12-8(18(36,37)38)4(14(24,25)26)2(5(15(27,28)29)9(12)19(39,40)41)1-3-6(16(30,31)32)10(20(42,43)44)13(23)11(21(45,46)47)7(3)17(33,34)35/h1H2. The molecule has 2 rings (SSSR count). The van der Waals surface area contributed by atoms with Crippen LogP contribution in [0.2, 0.25) is 0 Å². The Morgan fingerprint density at radius 3 is 0.468 bits per heavy atom. The summed E-state index contributed by atoms with van der Waals surface area (Å²) in [6.45, 7) is 0. The van der Waals surface area contributed by atoms with Crippen LogP contribution in [-0.2, 0) is 55.8 Å². The molecule has 47 heavy (non-hydrogen) atoms. The second kappa shape index (κ2) is 11.1. The minimum absolute atomic E-state index is 4.20. The number of alkyl halides is 24. The lowest BCUT2D eigenvalue weighted by Crippen LogP contribution is -2.32. The van der Waals surface area contributed by atoms with E-state index in [9.17, 15) is 114 Å². The summed E-state index contributed by atoms with van der Waals surface area (Å²) in [7, 11) is 0. The predicted molar refractivity (Wildman–Crippen MR) is 95.6 cm³/mol. The van der Waals surface area contributed by atoms with E-state index >= 15 is 0 Å². The molecule has 0 bridgehead atoms. The molecule has 0 aliphatic carbocycles. The van der Waals surface area contributed by atoms with Crippen LogP contribution in [0, 0.1) is 11.6 Å². The van der Waals surface area contributed by atoms with Gasteiger partial charge in [-0.1, -0.05) is 0 Å². The molecule has 26 heteroatoms. The summed E-state index contributed by atoms with van der Waals surface area (Å²) in [6.07, 6.45) is -63.2. The highest BCUT2D eigenvalue weighted by Gasteiger charge is 2.60. The first-order valence-electron chi connectivity index (χ1n) is 10.6. The molecule has 2 aromatic carbocycles. The SMILES string of the molecule is Fc1c(C(F)(F)F)c(C(F)(F)F)c(Cc2c(C(F)(F)F)c(C(F)(F)F)c(F)c(C(F)(F)F)c2C(F)(F)F)c(C(F)(F)F)c1C(F)(F)F. The van der Waals surface area contributed by atoms with Gasteiger partial charge in [0.15, 0.2) is 0 Å². The van der Waals surface area contributed by atoms with E-state index in [1.807, 2.05) is 0 Å². The van der Waals surface area contributed by atoms with Gasteiger partial charge in [0.25, 0.3) is 0 Å². The third kappa shape index (κ3) is 7.53. The second-order valence-electron chi connectivity index (χ2n) is 8.74. The van der Waals surface area contributed by atoms with Crippen molar-refractivity contribution in [3.8, 4) is 0 Å². The number of hydrogen-bond acceptors (Lipinski definition) is 0. The zero-order chi connectivity index (χ0) is 37.6. The first kappa shape index (κ1) is 39.8. The van der Waals surface area contributed by atoms with Gasteiger partial charge in [0, 0.05) is 0 Å². The first-order chi connectivity index (χ1) is 20.3. The highest BCUT2D eigenvalue weighted by Crippen LogP contribution is 2.56. The lowest BCUT2D eigenvalue weighted by atomic mass is 9.81. The largest absolute Gasteiger partial charge is 0.419 e. The molecule has 0 aliphatic rings. The van der Waals surface area contributed by atoms with E-state index in [1.54, 1.807) is 0 Å². The van der Waals surface area contributed by atoms with Crippen molar-refractivity contribution < 1.29 is 114 Å². The maximum absolute atomic E-state index is 14.4. The maximum atomic E-state index is 14.4. The van der Waals surface area contributed by atoms with E-state index in [0.29, 0.717) is 0 Å². The molecule has 0 amide bonds. The highest BCUT2D eigenvalue weighted by molar-refractivity contribution is 5.59. The van der Waals surface area contributed by atoms with Crippen molar-refractivity contribution in [3.05, 3.63) is 67.3 Å². The monoisotopic (exact) mass is 748 g/mol. The van der Waals surface area contributed by atoms with Gasteiger partial charge in [0.05, 0.1) is 22.3 Å². The van der Waals surface area contributed by atoms with Crippen molar-refractivity contribution in [1.82, 2.24) is 0 Å². The van der Waals surface area contributed by atoms with E-state index in [4.69, 9.17) is 0 Å². The molecule has 268 valence electrons. The maximum Gasteiger partial charge on any atom is 0.419 e. The van der Waals surface area contributed by atoms with Gasteiger partial charge in [-0.3, -0.25) is 0 Å². The minimum Gasteiger partial charge on any atom is -0.206 e. The fourth-order valence-electron chi connectivity index (χ4n) is 4.39. The van der Waals surface area contributed by atoms with Gasteiger partial charge >= 0.3 is 49.4 Å². The van der Waals surface area contributed by atoms with Crippen LogP contribution >= 0.6 is 0 Å². The van der Waals surface area contributed by atoms with Crippen molar-refractivity contribution in [2.45, 2.75) is 55.8 Å². The Hall–Kier alpha value is -3.38. The summed E-state index contributed by atoms with van der Waals surface area (Å²) in [5.41, 5.74) is -44.6. The summed E-state index contributed by atoms with van der Waals surface area (Å²) >= 11 is 0. The third-order valence-electron chi connectivity index (χ3n) is 5.71. The number of hydrogen-bond donors (Lipinski definition) is 0. The first-order valence-corrected chi connectivity index (χ1v) is 10.6. The molecule has 0 spiro atoms.